The van der Waals surface area contributed by atoms with Gasteiger partial charge in [-0.2, -0.15) is 0 Å². The smallest absolute Gasteiger partial charge is 0.0623 e. The van der Waals surface area contributed by atoms with Gasteiger partial charge in [-0.15, -0.1) is 0 Å². The molecule has 0 fully saturated rings. The van der Waals surface area contributed by atoms with Crippen LogP contribution in [0.4, 0.5) is 0 Å². The fraction of sp³-hybridized carbons (Fsp3) is 0.571. The third-order valence-corrected chi connectivity index (χ3v) is 3.87. The van der Waals surface area contributed by atoms with Crippen LogP contribution in [-0.4, -0.2) is 17.2 Å². The van der Waals surface area contributed by atoms with E-state index in [2.05, 4.69) is 41.1 Å². The summed E-state index contributed by atoms with van der Waals surface area (Å²) in [4.78, 5) is 9.38. The number of unbranched alkanes of at least 4 members (excludes halogenated alkanes) is 2. The van der Waals surface area contributed by atoms with Crippen LogP contribution in [0.5, 0.6) is 0 Å². The third kappa shape index (κ3) is 24.6. The molecular weight excluding hydrogens is 476 g/mol. The quantitative estimate of drug-likeness (QED) is 0.356. The van der Waals surface area contributed by atoms with Gasteiger partial charge in [0.15, 0.2) is 0 Å². The second kappa shape index (κ2) is 21.5. The Labute approximate surface area is 141 Å². The van der Waals surface area contributed by atoms with E-state index in [4.69, 9.17) is 0 Å². The Bertz CT molecular complexity index is 205. The molecule has 0 spiro atoms. The van der Waals surface area contributed by atoms with Crippen LogP contribution < -0.4 is 0 Å². The summed E-state index contributed by atoms with van der Waals surface area (Å²) in [5.74, 6) is 0. The standard InChI is InChI=1S/C8H19OP.C6H6.2BrH.Ru/c1-3-5-7-10(9)8-6-4-2;1-2-4-6-5-3-1;;;/h9H,3-8H2,1-2H3;1-6H;2*1H;/q;;;;+2/p-2. The minimum Gasteiger partial charge on any atom is -0.0623 e. The average molecular weight is 501 g/mol. The van der Waals surface area contributed by atoms with Crippen LogP contribution >= 0.6 is 35.4 Å². The van der Waals surface area contributed by atoms with Gasteiger partial charge in [-0.05, 0) is 25.2 Å². The van der Waals surface area contributed by atoms with E-state index < -0.39 is 8.15 Å². The van der Waals surface area contributed by atoms with Crippen LogP contribution in [0.3, 0.4) is 0 Å². The number of hydrogen-bond donors (Lipinski definition) is 1. The Morgan fingerprint density at radius 3 is 1.32 bits per heavy atom. The topological polar surface area (TPSA) is 20.2 Å². The van der Waals surface area contributed by atoms with Gasteiger partial charge in [-0.25, -0.2) is 0 Å². The van der Waals surface area contributed by atoms with Crippen molar-refractivity contribution in [2.45, 2.75) is 39.5 Å². The van der Waals surface area contributed by atoms with Crippen molar-refractivity contribution in [3.05, 3.63) is 36.4 Å². The molecule has 0 unspecified atom stereocenters. The second-order valence-electron chi connectivity index (χ2n) is 3.87. The van der Waals surface area contributed by atoms with Gasteiger partial charge in [-0.3, -0.25) is 0 Å². The summed E-state index contributed by atoms with van der Waals surface area (Å²) in [6.45, 7) is 4.34. The molecule has 0 radical (unpaired) electrons. The van der Waals surface area contributed by atoms with Crippen molar-refractivity contribution in [2.24, 2.45) is 0 Å². The van der Waals surface area contributed by atoms with Gasteiger partial charge < -0.3 is 4.89 Å². The van der Waals surface area contributed by atoms with Crippen LogP contribution in [0.2, 0.25) is 0 Å². The number of benzene rings is 1. The van der Waals surface area contributed by atoms with Crippen molar-refractivity contribution >= 4 is 35.4 Å². The van der Waals surface area contributed by atoms with Crippen molar-refractivity contribution in [1.82, 2.24) is 0 Å². The maximum Gasteiger partial charge on any atom is -0.0623 e. The number of hydrogen-bond acceptors (Lipinski definition) is 1. The van der Waals surface area contributed by atoms with Gasteiger partial charge in [-0.1, -0.05) is 63.1 Å². The zero-order valence-corrected chi connectivity index (χ0v) is 17.5. The van der Waals surface area contributed by atoms with E-state index >= 15 is 0 Å². The van der Waals surface area contributed by atoms with E-state index in [0.29, 0.717) is 13.2 Å². The Morgan fingerprint density at radius 1 is 0.842 bits per heavy atom. The molecule has 0 amide bonds. The number of rotatable bonds is 6. The predicted octanol–water partition coefficient (Wildman–Crippen LogP) is 6.35. The van der Waals surface area contributed by atoms with Gasteiger partial charge in [0, 0.05) is 8.15 Å². The fourth-order valence-corrected chi connectivity index (χ4v) is 2.76. The minimum absolute atomic E-state index is 0.335. The van der Waals surface area contributed by atoms with Crippen molar-refractivity contribution in [3.8, 4) is 0 Å². The molecule has 0 heterocycles. The summed E-state index contributed by atoms with van der Waals surface area (Å²) < 4.78 is 0. The van der Waals surface area contributed by atoms with Gasteiger partial charge >= 0.3 is 40.5 Å². The summed E-state index contributed by atoms with van der Waals surface area (Å²) in [7, 11) is -0.592. The molecule has 0 aliphatic carbocycles. The molecule has 5 heteroatoms. The molecule has 1 rings (SSSR count). The van der Waals surface area contributed by atoms with E-state index in [9.17, 15) is 4.89 Å². The Morgan fingerprint density at radius 2 is 1.11 bits per heavy atom. The van der Waals surface area contributed by atoms with Crippen LogP contribution in [0.1, 0.15) is 39.5 Å². The largest absolute Gasteiger partial charge is 0.0623 e. The maximum atomic E-state index is 9.38. The SMILES string of the molecule is CCCCP(O)CCCC.[Br][Ru][Br].c1ccccc1. The predicted molar refractivity (Wildman–Crippen MR) is 93.0 cm³/mol. The van der Waals surface area contributed by atoms with Gasteiger partial charge in [0.05, 0.1) is 0 Å². The molecule has 1 nitrogen and oxygen atoms in total. The zero-order valence-electron chi connectivity index (χ0n) is 11.7. The fourth-order valence-electron chi connectivity index (χ4n) is 1.18. The monoisotopic (exact) mass is 500 g/mol. The molecule has 1 N–H and O–H groups in total. The van der Waals surface area contributed by atoms with Crippen molar-refractivity contribution in [3.63, 3.8) is 0 Å². The molecular formula is C14H25Br2OPRu. The van der Waals surface area contributed by atoms with Crippen LogP contribution in [0.25, 0.3) is 0 Å². The first-order valence-electron chi connectivity index (χ1n) is 6.51. The van der Waals surface area contributed by atoms with Crippen molar-refractivity contribution < 1.29 is 18.1 Å². The Balaban J connectivity index is 0. The Hall–Kier alpha value is 1.19. The van der Waals surface area contributed by atoms with Crippen molar-refractivity contribution in [2.75, 3.05) is 12.3 Å². The molecule has 1 aromatic carbocycles. The first-order valence-corrected chi connectivity index (χ1v) is 16.1. The minimum atomic E-state index is -0.592. The van der Waals surface area contributed by atoms with Gasteiger partial charge in [0.2, 0.25) is 0 Å². The molecule has 114 valence electrons. The van der Waals surface area contributed by atoms with E-state index in [-0.39, 0.29) is 0 Å². The molecule has 0 aliphatic rings. The van der Waals surface area contributed by atoms with E-state index in [1.807, 2.05) is 36.4 Å². The summed E-state index contributed by atoms with van der Waals surface area (Å²) >= 11 is 6.64. The summed E-state index contributed by atoms with van der Waals surface area (Å²) in [6.07, 6.45) is 6.95. The molecule has 0 aliphatic heterocycles. The molecule has 0 atom stereocenters. The average Bonchev–Trinajstić information content (AvgIpc) is 2.46. The third-order valence-electron chi connectivity index (χ3n) is 2.21. The molecule has 0 saturated carbocycles. The molecule has 1 aromatic rings. The van der Waals surface area contributed by atoms with E-state index in [1.165, 1.54) is 25.7 Å². The van der Waals surface area contributed by atoms with Crippen LogP contribution in [0.15, 0.2) is 36.4 Å². The summed E-state index contributed by atoms with van der Waals surface area (Å²) in [6, 6.07) is 12.0. The van der Waals surface area contributed by atoms with Crippen LogP contribution in [0, 0.1) is 0 Å². The van der Waals surface area contributed by atoms with E-state index in [1.54, 1.807) is 0 Å². The second-order valence-corrected chi connectivity index (χ2v) is 13.8. The summed E-state index contributed by atoms with van der Waals surface area (Å²) in [5, 5.41) is 0. The molecule has 0 aromatic heterocycles. The number of halogens is 2. The summed E-state index contributed by atoms with van der Waals surface area (Å²) in [5.41, 5.74) is 0. The first-order chi connectivity index (χ1) is 9.22. The molecule has 0 bridgehead atoms. The Kier molecular flexibility index (Phi) is 25.4. The zero-order chi connectivity index (χ0) is 14.8. The molecule has 19 heavy (non-hydrogen) atoms. The molecule has 0 saturated heterocycles. The first kappa shape index (κ1) is 22.5. The van der Waals surface area contributed by atoms with Gasteiger partial charge in [0.25, 0.3) is 0 Å². The van der Waals surface area contributed by atoms with Gasteiger partial charge in [0.1, 0.15) is 0 Å². The normalized spacial score (nSPS) is 9.37. The van der Waals surface area contributed by atoms with Crippen molar-refractivity contribution in [1.29, 1.82) is 0 Å². The van der Waals surface area contributed by atoms with Crippen LogP contribution in [-0.2, 0) is 13.2 Å². The van der Waals surface area contributed by atoms with E-state index in [0.717, 1.165) is 12.3 Å². The maximum absolute atomic E-state index is 9.38.